The maximum atomic E-state index is 12.7. The van der Waals surface area contributed by atoms with Crippen LogP contribution in [0.4, 0.5) is 0 Å². The lowest BCUT2D eigenvalue weighted by Crippen LogP contribution is -2.32. The molecule has 4 nitrogen and oxygen atoms in total. The minimum Gasteiger partial charge on any atom is -0.313 e. The molecule has 0 unspecified atom stereocenters. The van der Waals surface area contributed by atoms with Gasteiger partial charge in [-0.2, -0.15) is 4.31 Å². The molecule has 0 bridgehead atoms. The average Bonchev–Trinajstić information content (AvgIpc) is 2.75. The smallest absolute Gasteiger partial charge is 0.243 e. The second-order valence-electron chi connectivity index (χ2n) is 5.25. The fourth-order valence-corrected chi connectivity index (χ4v) is 4.10. The molecule has 5 heteroatoms. The van der Waals surface area contributed by atoms with Gasteiger partial charge in [0.2, 0.25) is 10.0 Å². The molecule has 1 saturated heterocycles. The van der Waals surface area contributed by atoms with Gasteiger partial charge in [-0.15, -0.1) is 0 Å². The summed E-state index contributed by atoms with van der Waals surface area (Å²) < 4.78 is 27.0. The molecular formula is C15H24N2O2S. The fourth-order valence-electron chi connectivity index (χ4n) is 2.52. The van der Waals surface area contributed by atoms with Crippen molar-refractivity contribution in [3.63, 3.8) is 0 Å². The summed E-state index contributed by atoms with van der Waals surface area (Å²) in [6.45, 7) is 4.93. The number of nitrogens with zero attached hydrogens (tertiary/aromatic N) is 1. The van der Waals surface area contributed by atoms with Crippen LogP contribution in [-0.2, 0) is 16.6 Å². The highest BCUT2D eigenvalue weighted by molar-refractivity contribution is 7.89. The predicted molar refractivity (Wildman–Crippen MR) is 81.0 cm³/mol. The quantitative estimate of drug-likeness (QED) is 0.907. The van der Waals surface area contributed by atoms with Crippen molar-refractivity contribution < 1.29 is 8.42 Å². The van der Waals surface area contributed by atoms with Crippen LogP contribution in [0.15, 0.2) is 29.2 Å². The van der Waals surface area contributed by atoms with E-state index < -0.39 is 10.0 Å². The third-order valence-corrected chi connectivity index (χ3v) is 5.58. The van der Waals surface area contributed by atoms with Gasteiger partial charge in [0.05, 0.1) is 4.90 Å². The maximum Gasteiger partial charge on any atom is 0.243 e. The van der Waals surface area contributed by atoms with Crippen LogP contribution in [0, 0.1) is 0 Å². The van der Waals surface area contributed by atoms with Crippen LogP contribution in [0.25, 0.3) is 0 Å². The van der Waals surface area contributed by atoms with Crippen LogP contribution in [0.3, 0.4) is 0 Å². The van der Waals surface area contributed by atoms with E-state index in [1.165, 1.54) is 0 Å². The molecule has 0 spiro atoms. The third-order valence-electron chi connectivity index (χ3n) is 3.68. The molecule has 1 fully saturated rings. The summed E-state index contributed by atoms with van der Waals surface area (Å²) in [6.07, 6.45) is 4.20. The number of rotatable bonds is 5. The van der Waals surface area contributed by atoms with Crippen molar-refractivity contribution in [2.24, 2.45) is 0 Å². The Morgan fingerprint density at radius 3 is 2.50 bits per heavy atom. The van der Waals surface area contributed by atoms with Crippen LogP contribution < -0.4 is 5.32 Å². The lowest BCUT2D eigenvalue weighted by molar-refractivity contribution is 0.423. The van der Waals surface area contributed by atoms with Crippen LogP contribution in [0.5, 0.6) is 0 Å². The Kier molecular flexibility index (Phi) is 5.57. The SMILES string of the molecule is CCNCc1cccc(S(=O)(=O)N2CCCCCC2)c1. The molecule has 112 valence electrons. The topological polar surface area (TPSA) is 49.4 Å². The molecule has 0 saturated carbocycles. The predicted octanol–water partition coefficient (Wildman–Crippen LogP) is 2.36. The first-order valence-corrected chi connectivity index (χ1v) is 8.88. The highest BCUT2D eigenvalue weighted by Gasteiger charge is 2.25. The number of nitrogens with one attached hydrogen (secondary N) is 1. The van der Waals surface area contributed by atoms with Crippen molar-refractivity contribution in [2.75, 3.05) is 19.6 Å². The van der Waals surface area contributed by atoms with Gasteiger partial charge in [0.25, 0.3) is 0 Å². The second kappa shape index (κ2) is 7.20. The van der Waals surface area contributed by atoms with Gasteiger partial charge in [0.15, 0.2) is 0 Å². The Balaban J connectivity index is 2.19. The molecule has 1 heterocycles. The number of benzene rings is 1. The lowest BCUT2D eigenvalue weighted by atomic mass is 10.2. The van der Waals surface area contributed by atoms with Gasteiger partial charge < -0.3 is 5.32 Å². The number of sulfonamides is 1. The molecule has 2 rings (SSSR count). The Bertz CT molecular complexity index is 520. The lowest BCUT2D eigenvalue weighted by Gasteiger charge is -2.20. The van der Waals surface area contributed by atoms with Crippen molar-refractivity contribution in [3.05, 3.63) is 29.8 Å². The van der Waals surface area contributed by atoms with Gasteiger partial charge in [-0.1, -0.05) is 31.9 Å². The van der Waals surface area contributed by atoms with Gasteiger partial charge in [0.1, 0.15) is 0 Å². The molecule has 1 aromatic carbocycles. The standard InChI is InChI=1S/C15H24N2O2S/c1-2-16-13-14-8-7-9-15(12-14)20(18,19)17-10-5-3-4-6-11-17/h7-9,12,16H,2-6,10-11,13H2,1H3. The minimum absolute atomic E-state index is 0.426. The van der Waals surface area contributed by atoms with E-state index in [1.54, 1.807) is 16.4 Å². The summed E-state index contributed by atoms with van der Waals surface area (Å²) in [6, 6.07) is 7.29. The third kappa shape index (κ3) is 3.81. The molecule has 1 aromatic rings. The molecule has 0 atom stereocenters. The normalized spacial score (nSPS) is 17.9. The minimum atomic E-state index is -3.33. The molecular weight excluding hydrogens is 272 g/mol. The summed E-state index contributed by atoms with van der Waals surface area (Å²) in [5.74, 6) is 0. The highest BCUT2D eigenvalue weighted by Crippen LogP contribution is 2.21. The molecule has 0 aromatic heterocycles. The Morgan fingerprint density at radius 1 is 1.15 bits per heavy atom. The Morgan fingerprint density at radius 2 is 1.85 bits per heavy atom. The molecule has 1 aliphatic heterocycles. The molecule has 0 radical (unpaired) electrons. The van der Waals surface area contributed by atoms with E-state index in [1.807, 2.05) is 19.1 Å². The fraction of sp³-hybridized carbons (Fsp3) is 0.600. The monoisotopic (exact) mass is 296 g/mol. The summed E-state index contributed by atoms with van der Waals surface area (Å²) in [5, 5.41) is 3.22. The molecule has 0 aliphatic carbocycles. The number of hydrogen-bond donors (Lipinski definition) is 1. The second-order valence-corrected chi connectivity index (χ2v) is 7.18. The van der Waals surface area contributed by atoms with Gasteiger partial charge in [-0.05, 0) is 37.1 Å². The first-order valence-electron chi connectivity index (χ1n) is 7.44. The molecule has 1 N–H and O–H groups in total. The zero-order chi connectivity index (χ0) is 14.4. The largest absolute Gasteiger partial charge is 0.313 e. The van der Waals surface area contributed by atoms with Gasteiger partial charge >= 0.3 is 0 Å². The van der Waals surface area contributed by atoms with E-state index in [-0.39, 0.29) is 0 Å². The van der Waals surface area contributed by atoms with E-state index in [2.05, 4.69) is 5.32 Å². The molecule has 1 aliphatic rings. The van der Waals surface area contributed by atoms with Crippen molar-refractivity contribution in [1.29, 1.82) is 0 Å². The van der Waals surface area contributed by atoms with Gasteiger partial charge in [-0.3, -0.25) is 0 Å². The molecule has 20 heavy (non-hydrogen) atoms. The number of hydrogen-bond acceptors (Lipinski definition) is 3. The van der Waals surface area contributed by atoms with E-state index in [0.717, 1.165) is 37.8 Å². The average molecular weight is 296 g/mol. The van der Waals surface area contributed by atoms with E-state index in [4.69, 9.17) is 0 Å². The Labute approximate surface area is 122 Å². The summed E-state index contributed by atoms with van der Waals surface area (Å²) in [4.78, 5) is 0.426. The molecule has 0 amide bonds. The first-order chi connectivity index (χ1) is 9.64. The zero-order valence-electron chi connectivity index (χ0n) is 12.1. The van der Waals surface area contributed by atoms with E-state index in [9.17, 15) is 8.42 Å². The van der Waals surface area contributed by atoms with Gasteiger partial charge in [-0.25, -0.2) is 8.42 Å². The van der Waals surface area contributed by atoms with Crippen molar-refractivity contribution in [2.45, 2.75) is 44.0 Å². The van der Waals surface area contributed by atoms with E-state index >= 15 is 0 Å². The highest BCUT2D eigenvalue weighted by atomic mass is 32.2. The summed E-state index contributed by atoms with van der Waals surface area (Å²) in [5.41, 5.74) is 1.02. The van der Waals surface area contributed by atoms with Crippen LogP contribution in [0.2, 0.25) is 0 Å². The van der Waals surface area contributed by atoms with Crippen molar-refractivity contribution in [1.82, 2.24) is 9.62 Å². The zero-order valence-corrected chi connectivity index (χ0v) is 13.0. The van der Waals surface area contributed by atoms with Gasteiger partial charge in [0, 0.05) is 19.6 Å². The van der Waals surface area contributed by atoms with Crippen molar-refractivity contribution >= 4 is 10.0 Å². The van der Waals surface area contributed by atoms with Crippen molar-refractivity contribution in [3.8, 4) is 0 Å². The van der Waals surface area contributed by atoms with E-state index in [0.29, 0.717) is 24.5 Å². The van der Waals surface area contributed by atoms with Crippen LogP contribution >= 0.6 is 0 Å². The van der Waals surface area contributed by atoms with Crippen LogP contribution in [0.1, 0.15) is 38.2 Å². The maximum absolute atomic E-state index is 12.7. The Hall–Kier alpha value is -0.910. The first kappa shape index (κ1) is 15.5. The van der Waals surface area contributed by atoms with Crippen LogP contribution in [-0.4, -0.2) is 32.4 Å². The summed E-state index contributed by atoms with van der Waals surface area (Å²) >= 11 is 0. The summed E-state index contributed by atoms with van der Waals surface area (Å²) in [7, 11) is -3.33.